The van der Waals surface area contributed by atoms with E-state index in [9.17, 15) is 19.5 Å². The van der Waals surface area contributed by atoms with E-state index in [0.29, 0.717) is 19.5 Å². The molecule has 2 atom stereocenters. The minimum Gasteiger partial charge on any atom is -0.481 e. The van der Waals surface area contributed by atoms with Gasteiger partial charge in [-0.25, -0.2) is 0 Å². The summed E-state index contributed by atoms with van der Waals surface area (Å²) in [5, 5.41) is 20.8. The average Bonchev–Trinajstić information content (AvgIpc) is 2.89. The van der Waals surface area contributed by atoms with Crippen LogP contribution in [-0.4, -0.2) is 71.3 Å². The number of aliphatic hydroxyl groups excluding tert-OH is 1. The lowest BCUT2D eigenvalue weighted by molar-refractivity contribution is -0.140. The summed E-state index contributed by atoms with van der Waals surface area (Å²) in [6, 6.07) is -0.686. The van der Waals surface area contributed by atoms with Gasteiger partial charge in [-0.05, 0) is 11.8 Å². The van der Waals surface area contributed by atoms with E-state index in [2.05, 4.69) is 5.32 Å². The third-order valence-electron chi connectivity index (χ3n) is 3.83. The normalized spacial score (nSPS) is 19.2. The second-order valence-corrected chi connectivity index (χ2v) is 7.10. The molecule has 1 fully saturated rings. The average molecular weight is 344 g/mol. The molecule has 2 amide bonds. The number of β-amino-alcohol motifs (C(OH)–C–C–N with tert-alkyl or cyclic N) is 1. The summed E-state index contributed by atoms with van der Waals surface area (Å²) in [4.78, 5) is 36.6. The van der Waals surface area contributed by atoms with Gasteiger partial charge in [-0.2, -0.15) is 0 Å². The van der Waals surface area contributed by atoms with Crippen molar-refractivity contribution in [2.75, 3.05) is 26.3 Å². The van der Waals surface area contributed by atoms with Crippen molar-refractivity contribution in [1.29, 1.82) is 0 Å². The van der Waals surface area contributed by atoms with Crippen molar-refractivity contribution in [3.8, 4) is 0 Å². The van der Waals surface area contributed by atoms with Crippen molar-refractivity contribution in [3.05, 3.63) is 0 Å². The van der Waals surface area contributed by atoms with Crippen LogP contribution < -0.4 is 5.32 Å². The van der Waals surface area contributed by atoms with Crippen molar-refractivity contribution in [2.24, 2.45) is 5.41 Å². The molecule has 24 heavy (non-hydrogen) atoms. The number of nitrogens with one attached hydrogen (secondary N) is 1. The first-order chi connectivity index (χ1) is 11.1. The van der Waals surface area contributed by atoms with E-state index in [4.69, 9.17) is 9.84 Å². The van der Waals surface area contributed by atoms with Crippen LogP contribution in [0.2, 0.25) is 0 Å². The molecule has 0 aromatic carbocycles. The van der Waals surface area contributed by atoms with Crippen LogP contribution in [0.25, 0.3) is 0 Å². The minimum atomic E-state index is -0.953. The van der Waals surface area contributed by atoms with Gasteiger partial charge in [-0.3, -0.25) is 14.4 Å². The summed E-state index contributed by atoms with van der Waals surface area (Å²) in [6.45, 7) is 6.53. The molecule has 138 valence electrons. The van der Waals surface area contributed by atoms with Crippen molar-refractivity contribution in [1.82, 2.24) is 10.2 Å². The zero-order valence-electron chi connectivity index (χ0n) is 14.6. The first-order valence-electron chi connectivity index (χ1n) is 8.17. The fraction of sp³-hybridized carbons (Fsp3) is 0.812. The molecule has 1 saturated heterocycles. The highest BCUT2D eigenvalue weighted by molar-refractivity contribution is 5.88. The Morgan fingerprint density at radius 3 is 2.38 bits per heavy atom. The fourth-order valence-corrected chi connectivity index (χ4v) is 2.43. The van der Waals surface area contributed by atoms with Gasteiger partial charge in [0.05, 0.1) is 25.7 Å². The van der Waals surface area contributed by atoms with E-state index in [-0.39, 0.29) is 37.9 Å². The Hall–Kier alpha value is -1.67. The Morgan fingerprint density at radius 1 is 1.25 bits per heavy atom. The predicted octanol–water partition coefficient (Wildman–Crippen LogP) is -0.00810. The zero-order valence-corrected chi connectivity index (χ0v) is 14.6. The van der Waals surface area contributed by atoms with Crippen LogP contribution in [0.15, 0.2) is 0 Å². The number of ether oxygens (including phenoxy) is 1. The maximum atomic E-state index is 12.6. The van der Waals surface area contributed by atoms with Crippen LogP contribution in [0.3, 0.4) is 0 Å². The molecule has 0 bridgehead atoms. The number of amides is 2. The summed E-state index contributed by atoms with van der Waals surface area (Å²) in [7, 11) is 0. The second kappa shape index (κ2) is 8.98. The van der Waals surface area contributed by atoms with Crippen molar-refractivity contribution >= 4 is 17.8 Å². The van der Waals surface area contributed by atoms with E-state index >= 15 is 0 Å². The maximum Gasteiger partial charge on any atom is 0.305 e. The molecule has 1 rings (SSSR count). The van der Waals surface area contributed by atoms with E-state index in [1.807, 2.05) is 20.8 Å². The summed E-state index contributed by atoms with van der Waals surface area (Å²) in [6.07, 6.45) is -0.00848. The summed E-state index contributed by atoms with van der Waals surface area (Å²) in [5.74, 6) is -1.47. The Kier molecular flexibility index (Phi) is 7.62. The Balaban J connectivity index is 2.49. The summed E-state index contributed by atoms with van der Waals surface area (Å²) < 4.78 is 5.09. The third-order valence-corrected chi connectivity index (χ3v) is 3.83. The molecule has 8 heteroatoms. The molecule has 0 spiro atoms. The molecule has 1 heterocycles. The van der Waals surface area contributed by atoms with Crippen LogP contribution in [-0.2, 0) is 19.1 Å². The number of rotatable bonds is 8. The number of carboxylic acids is 1. The largest absolute Gasteiger partial charge is 0.481 e. The lowest BCUT2D eigenvalue weighted by Gasteiger charge is -2.33. The molecular formula is C16H28N2O6. The van der Waals surface area contributed by atoms with Crippen molar-refractivity contribution in [3.63, 3.8) is 0 Å². The molecule has 3 N–H and O–H groups in total. The third kappa shape index (κ3) is 6.84. The number of nitrogens with zero attached hydrogens (tertiary/aromatic N) is 1. The first kappa shape index (κ1) is 20.4. The van der Waals surface area contributed by atoms with Crippen LogP contribution >= 0.6 is 0 Å². The number of aliphatic carboxylic acids is 1. The quantitative estimate of drug-likeness (QED) is 0.533. The van der Waals surface area contributed by atoms with Crippen LogP contribution in [0.1, 0.15) is 40.0 Å². The SMILES string of the molecule is CC(C)(C)[C@H](NC(=O)CCOCCC(=O)O)C(=O)N1CC[C@@H](O)C1. The topological polar surface area (TPSA) is 116 Å². The van der Waals surface area contributed by atoms with Gasteiger partial charge in [0, 0.05) is 19.5 Å². The van der Waals surface area contributed by atoms with Gasteiger partial charge in [0.2, 0.25) is 11.8 Å². The van der Waals surface area contributed by atoms with Gasteiger partial charge in [-0.1, -0.05) is 20.8 Å². The highest BCUT2D eigenvalue weighted by atomic mass is 16.5. The number of carboxylic acid groups (broad SMARTS) is 1. The molecule has 0 aliphatic carbocycles. The molecule has 8 nitrogen and oxygen atoms in total. The van der Waals surface area contributed by atoms with Crippen LogP contribution in [0.5, 0.6) is 0 Å². The van der Waals surface area contributed by atoms with Crippen LogP contribution in [0.4, 0.5) is 0 Å². The minimum absolute atomic E-state index is 0.0515. The molecule has 0 unspecified atom stereocenters. The highest BCUT2D eigenvalue weighted by Crippen LogP contribution is 2.23. The van der Waals surface area contributed by atoms with Crippen LogP contribution in [0, 0.1) is 5.41 Å². The standard InChI is InChI=1S/C16H28N2O6/c1-16(2,3)14(15(23)18-7-4-11(19)10-18)17-12(20)5-8-24-9-6-13(21)22/h11,14,19H,4-10H2,1-3H3,(H,17,20)(H,21,22)/t11-,14-/m1/s1. The smallest absolute Gasteiger partial charge is 0.305 e. The Morgan fingerprint density at radius 2 is 1.88 bits per heavy atom. The molecule has 1 aliphatic heterocycles. The van der Waals surface area contributed by atoms with Gasteiger partial charge in [0.15, 0.2) is 0 Å². The second-order valence-electron chi connectivity index (χ2n) is 7.10. The van der Waals surface area contributed by atoms with Gasteiger partial charge in [-0.15, -0.1) is 0 Å². The molecule has 0 aromatic heterocycles. The molecule has 1 aliphatic rings. The van der Waals surface area contributed by atoms with Crippen molar-refractivity contribution < 1.29 is 29.3 Å². The fourth-order valence-electron chi connectivity index (χ4n) is 2.43. The van der Waals surface area contributed by atoms with Gasteiger partial charge < -0.3 is 25.2 Å². The van der Waals surface area contributed by atoms with Gasteiger partial charge in [0.25, 0.3) is 0 Å². The van der Waals surface area contributed by atoms with E-state index in [1.54, 1.807) is 4.90 Å². The Labute approximate surface area is 142 Å². The zero-order chi connectivity index (χ0) is 18.3. The summed E-state index contributed by atoms with van der Waals surface area (Å²) in [5.41, 5.74) is -0.468. The first-order valence-corrected chi connectivity index (χ1v) is 8.17. The molecular weight excluding hydrogens is 316 g/mol. The maximum absolute atomic E-state index is 12.6. The molecule has 0 radical (unpaired) electrons. The summed E-state index contributed by atoms with van der Waals surface area (Å²) >= 11 is 0. The number of carbonyl (C=O) groups excluding carboxylic acids is 2. The monoisotopic (exact) mass is 344 g/mol. The number of hydrogen-bond acceptors (Lipinski definition) is 5. The van der Waals surface area contributed by atoms with E-state index in [1.165, 1.54) is 0 Å². The van der Waals surface area contributed by atoms with E-state index in [0.717, 1.165) is 0 Å². The van der Waals surface area contributed by atoms with E-state index < -0.39 is 23.5 Å². The number of hydrogen-bond donors (Lipinski definition) is 3. The lowest BCUT2D eigenvalue weighted by atomic mass is 9.85. The van der Waals surface area contributed by atoms with Gasteiger partial charge >= 0.3 is 5.97 Å². The highest BCUT2D eigenvalue weighted by Gasteiger charge is 2.37. The predicted molar refractivity (Wildman–Crippen MR) is 86.3 cm³/mol. The Bertz CT molecular complexity index is 460. The molecule has 0 aromatic rings. The number of aliphatic hydroxyl groups is 1. The van der Waals surface area contributed by atoms with Crippen molar-refractivity contribution in [2.45, 2.75) is 52.2 Å². The number of carbonyl (C=O) groups is 3. The lowest BCUT2D eigenvalue weighted by Crippen LogP contribution is -2.54. The number of likely N-dealkylation sites (tertiary alicyclic amines) is 1. The molecule has 0 saturated carbocycles. The van der Waals surface area contributed by atoms with Gasteiger partial charge in [0.1, 0.15) is 6.04 Å².